The van der Waals surface area contributed by atoms with Gasteiger partial charge in [0.05, 0.1) is 6.21 Å². The fourth-order valence-electron chi connectivity index (χ4n) is 0.738. The van der Waals surface area contributed by atoms with E-state index in [-0.39, 0.29) is 0 Å². The lowest BCUT2D eigenvalue weighted by Crippen LogP contribution is -1.76. The first-order valence-corrected chi connectivity index (χ1v) is 5.52. The molecule has 0 spiro atoms. The van der Waals surface area contributed by atoms with Crippen LogP contribution in [0.2, 0.25) is 0 Å². The van der Waals surface area contributed by atoms with Gasteiger partial charge in [-0.2, -0.15) is 5.53 Å². The molecule has 82 valence electrons. The summed E-state index contributed by atoms with van der Waals surface area (Å²) < 4.78 is 0. The fraction of sp³-hybridized carbons (Fsp3) is 0.364. The number of rotatable bonds is 6. The zero-order valence-electron chi connectivity index (χ0n) is 9.45. The maximum atomic E-state index is 6.49. The number of nitrogens with one attached hydrogen (secondary N) is 1. The Balaban J connectivity index is 4.24. The fourth-order valence-corrected chi connectivity index (χ4v) is 1.39. The van der Waals surface area contributed by atoms with E-state index in [4.69, 9.17) is 5.53 Å². The lowest BCUT2D eigenvalue weighted by Gasteiger charge is -1.98. The van der Waals surface area contributed by atoms with Crippen LogP contribution in [-0.2, 0) is 0 Å². The van der Waals surface area contributed by atoms with Gasteiger partial charge in [0.15, 0.2) is 0 Å². The monoisotopic (exact) mass is 223 g/mol. The summed E-state index contributed by atoms with van der Waals surface area (Å²) >= 11 is 1.52. The average molecular weight is 223 g/mol. The van der Waals surface area contributed by atoms with Gasteiger partial charge in [-0.3, -0.25) is 0 Å². The van der Waals surface area contributed by atoms with Crippen molar-refractivity contribution in [2.24, 2.45) is 10.3 Å². The SMILES string of the molecule is C=C(/C=N\N=N)S/C(C)=C/C=C(C)CC. The minimum absolute atomic E-state index is 0.780. The third-order valence-electron chi connectivity index (χ3n) is 1.71. The topological polar surface area (TPSA) is 48.6 Å². The van der Waals surface area contributed by atoms with Crippen LogP contribution >= 0.6 is 11.8 Å². The Morgan fingerprint density at radius 1 is 1.40 bits per heavy atom. The molecule has 3 nitrogen and oxygen atoms in total. The third-order valence-corrected chi connectivity index (χ3v) is 2.54. The Bertz CT molecular complexity index is 314. The van der Waals surface area contributed by atoms with Crippen molar-refractivity contribution in [2.75, 3.05) is 0 Å². The molecular formula is C11H17N3S. The van der Waals surface area contributed by atoms with E-state index in [1.54, 1.807) is 0 Å². The van der Waals surface area contributed by atoms with E-state index in [9.17, 15) is 0 Å². The van der Waals surface area contributed by atoms with Crippen molar-refractivity contribution in [1.82, 2.24) is 0 Å². The molecule has 0 amide bonds. The van der Waals surface area contributed by atoms with Crippen LogP contribution in [0.25, 0.3) is 0 Å². The quantitative estimate of drug-likeness (QED) is 0.306. The van der Waals surface area contributed by atoms with E-state index >= 15 is 0 Å². The van der Waals surface area contributed by atoms with Crippen molar-refractivity contribution in [1.29, 1.82) is 5.53 Å². The first kappa shape index (κ1) is 13.8. The molecule has 0 radical (unpaired) electrons. The second-order valence-corrected chi connectivity index (χ2v) is 4.43. The van der Waals surface area contributed by atoms with Crippen LogP contribution in [0.1, 0.15) is 27.2 Å². The van der Waals surface area contributed by atoms with Crippen molar-refractivity contribution in [3.05, 3.63) is 34.1 Å². The number of allylic oxidation sites excluding steroid dienone is 5. The molecule has 0 atom stereocenters. The summed E-state index contributed by atoms with van der Waals surface area (Å²) in [6.07, 6.45) is 6.70. The lowest BCUT2D eigenvalue weighted by molar-refractivity contribution is 0.997. The molecule has 0 fully saturated rings. The minimum Gasteiger partial charge on any atom is -0.185 e. The minimum atomic E-state index is 0.780. The van der Waals surface area contributed by atoms with Crippen molar-refractivity contribution < 1.29 is 0 Å². The molecule has 0 heterocycles. The van der Waals surface area contributed by atoms with E-state index < -0.39 is 0 Å². The average Bonchev–Trinajstić information content (AvgIpc) is 2.22. The molecule has 0 aliphatic carbocycles. The van der Waals surface area contributed by atoms with Crippen LogP contribution in [0.4, 0.5) is 0 Å². The highest BCUT2D eigenvalue weighted by Gasteiger charge is 1.92. The summed E-state index contributed by atoms with van der Waals surface area (Å²) in [5, 5.41) is 6.32. The summed E-state index contributed by atoms with van der Waals surface area (Å²) in [4.78, 5) is 1.92. The highest BCUT2D eigenvalue weighted by molar-refractivity contribution is 8.07. The summed E-state index contributed by atoms with van der Waals surface area (Å²) in [6.45, 7) is 10.0. The third kappa shape index (κ3) is 7.88. The van der Waals surface area contributed by atoms with Crippen LogP contribution in [0, 0.1) is 5.53 Å². The first-order valence-electron chi connectivity index (χ1n) is 4.70. The van der Waals surface area contributed by atoms with Gasteiger partial charge in [0.25, 0.3) is 0 Å². The van der Waals surface area contributed by atoms with E-state index in [2.05, 4.69) is 42.9 Å². The molecule has 0 bridgehead atoms. The molecule has 0 aromatic rings. The van der Waals surface area contributed by atoms with E-state index in [0.717, 1.165) is 16.2 Å². The maximum absolute atomic E-state index is 6.49. The van der Waals surface area contributed by atoms with Crippen molar-refractivity contribution in [3.63, 3.8) is 0 Å². The molecule has 0 saturated heterocycles. The maximum Gasteiger partial charge on any atom is 0.0647 e. The Labute approximate surface area is 95.5 Å². The predicted octanol–water partition coefficient (Wildman–Crippen LogP) is 4.51. The summed E-state index contributed by atoms with van der Waals surface area (Å²) in [7, 11) is 0. The highest BCUT2D eigenvalue weighted by atomic mass is 32.2. The van der Waals surface area contributed by atoms with E-state index in [1.165, 1.54) is 23.5 Å². The van der Waals surface area contributed by atoms with Crippen LogP contribution in [0.5, 0.6) is 0 Å². The van der Waals surface area contributed by atoms with Crippen LogP contribution < -0.4 is 0 Å². The smallest absolute Gasteiger partial charge is 0.0647 e. The standard InChI is InChI=1S/C11H17N3S/c1-5-9(2)6-7-10(3)15-11(4)8-13-14-12/h6-8,12H,4-5H2,1-3H3/b9-6?,10-7+,13-8-,14-12?. The molecule has 0 aliphatic rings. The molecule has 15 heavy (non-hydrogen) atoms. The molecular weight excluding hydrogens is 206 g/mol. The molecule has 0 rings (SSSR count). The molecule has 0 saturated carbocycles. The van der Waals surface area contributed by atoms with Crippen LogP contribution in [0.15, 0.2) is 44.4 Å². The zero-order valence-corrected chi connectivity index (χ0v) is 10.3. The van der Waals surface area contributed by atoms with Gasteiger partial charge in [-0.25, -0.2) is 0 Å². The largest absolute Gasteiger partial charge is 0.185 e. The summed E-state index contributed by atoms with van der Waals surface area (Å²) in [6, 6.07) is 0. The predicted molar refractivity (Wildman–Crippen MR) is 68.2 cm³/mol. The Hall–Kier alpha value is -1.16. The zero-order chi connectivity index (χ0) is 11.7. The summed E-state index contributed by atoms with van der Waals surface area (Å²) in [5.41, 5.74) is 7.84. The van der Waals surface area contributed by atoms with Gasteiger partial charge >= 0.3 is 0 Å². The van der Waals surface area contributed by atoms with Gasteiger partial charge < -0.3 is 0 Å². The number of nitrogens with zero attached hydrogens (tertiary/aromatic N) is 2. The van der Waals surface area contributed by atoms with E-state index in [1.807, 2.05) is 6.92 Å². The molecule has 0 aromatic heterocycles. The van der Waals surface area contributed by atoms with Crippen molar-refractivity contribution in [2.45, 2.75) is 27.2 Å². The van der Waals surface area contributed by atoms with Gasteiger partial charge in [-0.05, 0) is 25.2 Å². The molecule has 0 aliphatic heterocycles. The summed E-state index contributed by atoms with van der Waals surface area (Å²) in [5.74, 6) is 0. The van der Waals surface area contributed by atoms with Gasteiger partial charge in [0, 0.05) is 4.91 Å². The van der Waals surface area contributed by atoms with Crippen LogP contribution in [0.3, 0.4) is 0 Å². The Morgan fingerprint density at radius 3 is 2.60 bits per heavy atom. The molecule has 0 aromatic carbocycles. The van der Waals surface area contributed by atoms with Crippen LogP contribution in [-0.4, -0.2) is 6.21 Å². The van der Waals surface area contributed by atoms with Crippen molar-refractivity contribution in [3.8, 4) is 0 Å². The second kappa shape index (κ2) is 8.17. The number of thioether (sulfide) groups is 1. The first-order chi connectivity index (χ1) is 7.10. The Morgan fingerprint density at radius 2 is 2.07 bits per heavy atom. The molecule has 4 heteroatoms. The van der Waals surface area contributed by atoms with Gasteiger partial charge in [-0.15, -0.1) is 5.10 Å². The lowest BCUT2D eigenvalue weighted by atomic mass is 10.2. The highest BCUT2D eigenvalue weighted by Crippen LogP contribution is 2.22. The Kier molecular flexibility index (Phi) is 7.54. The van der Waals surface area contributed by atoms with Gasteiger partial charge in [0.1, 0.15) is 0 Å². The van der Waals surface area contributed by atoms with Gasteiger partial charge in [0.2, 0.25) is 0 Å². The second-order valence-electron chi connectivity index (χ2n) is 3.06. The molecule has 0 unspecified atom stereocenters. The normalized spacial score (nSPS) is 13.3. The van der Waals surface area contributed by atoms with E-state index in [0.29, 0.717) is 0 Å². The van der Waals surface area contributed by atoms with Crippen molar-refractivity contribution >= 4 is 18.0 Å². The number of hydrogen-bond acceptors (Lipinski definition) is 3. The molecule has 1 N–H and O–H groups in total. The van der Waals surface area contributed by atoms with Gasteiger partial charge in [-0.1, -0.05) is 48.2 Å². The number of hydrogen-bond donors (Lipinski definition) is 1.